The molecule has 1 atom stereocenters. The molecule has 1 aromatic heterocycles. The van der Waals surface area contributed by atoms with Gasteiger partial charge in [0.15, 0.2) is 0 Å². The lowest BCUT2D eigenvalue weighted by atomic mass is 9.93. The Balaban J connectivity index is 2.11. The Bertz CT molecular complexity index is 413. The summed E-state index contributed by atoms with van der Waals surface area (Å²) in [6.07, 6.45) is 4.42. The first-order chi connectivity index (χ1) is 7.70. The molecule has 6 nitrogen and oxygen atoms in total. The van der Waals surface area contributed by atoms with Gasteiger partial charge in [0.25, 0.3) is 0 Å². The molecule has 86 valence electrons. The van der Waals surface area contributed by atoms with Crippen molar-refractivity contribution in [2.24, 2.45) is 5.73 Å². The second-order valence-corrected chi connectivity index (χ2v) is 3.83. The first kappa shape index (κ1) is 10.8. The molecule has 0 aromatic carbocycles. The number of aromatic nitrogens is 2. The van der Waals surface area contributed by atoms with Crippen molar-refractivity contribution in [2.75, 3.05) is 6.54 Å². The minimum Gasteiger partial charge on any atom is -0.329 e. The van der Waals surface area contributed by atoms with E-state index in [-0.39, 0.29) is 17.7 Å². The third-order valence-corrected chi connectivity index (χ3v) is 2.65. The first-order valence-electron chi connectivity index (χ1n) is 5.27. The van der Waals surface area contributed by atoms with Crippen molar-refractivity contribution in [3.05, 3.63) is 18.0 Å². The maximum absolute atomic E-state index is 11.6. The number of imide groups is 1. The van der Waals surface area contributed by atoms with Gasteiger partial charge in [-0.1, -0.05) is 0 Å². The molecule has 1 fully saturated rings. The maximum atomic E-state index is 11.6. The quantitative estimate of drug-likeness (QED) is 0.666. The van der Waals surface area contributed by atoms with Crippen molar-refractivity contribution in [1.82, 2.24) is 15.1 Å². The molecule has 3 N–H and O–H groups in total. The van der Waals surface area contributed by atoms with Gasteiger partial charge in [0, 0.05) is 24.7 Å². The molecule has 0 aliphatic carbocycles. The monoisotopic (exact) mass is 222 g/mol. The SMILES string of the molecule is NCCn1cc(C2CCC(=O)NC2=O)cn1. The lowest BCUT2D eigenvalue weighted by Gasteiger charge is -2.19. The van der Waals surface area contributed by atoms with Gasteiger partial charge in [-0.05, 0) is 6.42 Å². The highest BCUT2D eigenvalue weighted by Crippen LogP contribution is 2.23. The largest absolute Gasteiger partial charge is 0.329 e. The zero-order valence-corrected chi connectivity index (χ0v) is 8.85. The lowest BCUT2D eigenvalue weighted by Crippen LogP contribution is -2.39. The Morgan fingerprint density at radius 3 is 3.06 bits per heavy atom. The summed E-state index contributed by atoms with van der Waals surface area (Å²) < 4.78 is 1.71. The molecule has 1 unspecified atom stereocenters. The van der Waals surface area contributed by atoms with Crippen LogP contribution in [0, 0.1) is 0 Å². The summed E-state index contributed by atoms with van der Waals surface area (Å²) >= 11 is 0. The van der Waals surface area contributed by atoms with Crippen molar-refractivity contribution in [3.8, 4) is 0 Å². The van der Waals surface area contributed by atoms with Crippen LogP contribution in [0.5, 0.6) is 0 Å². The second kappa shape index (κ2) is 4.44. The van der Waals surface area contributed by atoms with Crippen LogP contribution < -0.4 is 11.1 Å². The van der Waals surface area contributed by atoms with E-state index in [2.05, 4.69) is 10.4 Å². The van der Waals surface area contributed by atoms with Gasteiger partial charge < -0.3 is 5.73 Å². The molecule has 2 heterocycles. The fourth-order valence-electron chi connectivity index (χ4n) is 1.83. The maximum Gasteiger partial charge on any atom is 0.234 e. The van der Waals surface area contributed by atoms with E-state index in [1.807, 2.05) is 6.20 Å². The Hall–Kier alpha value is -1.69. The fraction of sp³-hybridized carbons (Fsp3) is 0.500. The predicted octanol–water partition coefficient (Wildman–Crippen LogP) is -0.638. The summed E-state index contributed by atoms with van der Waals surface area (Å²) in [7, 11) is 0. The van der Waals surface area contributed by atoms with Crippen LogP contribution in [0.3, 0.4) is 0 Å². The van der Waals surface area contributed by atoms with Crippen LogP contribution in [0.4, 0.5) is 0 Å². The molecule has 2 amide bonds. The number of nitrogens with one attached hydrogen (secondary N) is 1. The summed E-state index contributed by atoms with van der Waals surface area (Å²) in [5.74, 6) is -0.691. The van der Waals surface area contributed by atoms with Crippen molar-refractivity contribution in [2.45, 2.75) is 25.3 Å². The van der Waals surface area contributed by atoms with Crippen molar-refractivity contribution >= 4 is 11.8 Å². The minimum absolute atomic E-state index is 0.199. The first-order valence-corrected chi connectivity index (χ1v) is 5.27. The van der Waals surface area contributed by atoms with Gasteiger partial charge >= 0.3 is 0 Å². The molecule has 16 heavy (non-hydrogen) atoms. The molecular weight excluding hydrogens is 208 g/mol. The average molecular weight is 222 g/mol. The van der Waals surface area contributed by atoms with Gasteiger partial charge in [0.2, 0.25) is 11.8 Å². The van der Waals surface area contributed by atoms with Crippen LogP contribution >= 0.6 is 0 Å². The molecule has 1 saturated heterocycles. The number of nitrogens with two attached hydrogens (primary N) is 1. The average Bonchev–Trinajstić information content (AvgIpc) is 2.67. The molecule has 0 bridgehead atoms. The van der Waals surface area contributed by atoms with Gasteiger partial charge in [-0.15, -0.1) is 0 Å². The number of carbonyl (C=O) groups excluding carboxylic acids is 2. The number of piperidine rings is 1. The summed E-state index contributed by atoms with van der Waals surface area (Å²) in [6.45, 7) is 1.14. The van der Waals surface area contributed by atoms with E-state index in [0.717, 1.165) is 5.56 Å². The van der Waals surface area contributed by atoms with E-state index in [0.29, 0.717) is 25.9 Å². The topological polar surface area (TPSA) is 90.0 Å². The smallest absolute Gasteiger partial charge is 0.234 e. The van der Waals surface area contributed by atoms with Gasteiger partial charge in [0.1, 0.15) is 0 Å². The highest BCUT2D eigenvalue weighted by atomic mass is 16.2. The zero-order chi connectivity index (χ0) is 11.5. The Morgan fingerprint density at radius 2 is 2.38 bits per heavy atom. The van der Waals surface area contributed by atoms with Crippen LogP contribution in [0.1, 0.15) is 24.3 Å². The number of rotatable bonds is 3. The summed E-state index contributed by atoms with van der Waals surface area (Å²) in [5, 5.41) is 6.44. The molecule has 2 rings (SSSR count). The van der Waals surface area contributed by atoms with Crippen molar-refractivity contribution in [1.29, 1.82) is 0 Å². The van der Waals surface area contributed by atoms with Gasteiger partial charge in [-0.2, -0.15) is 5.10 Å². The van der Waals surface area contributed by atoms with Gasteiger partial charge in [-0.25, -0.2) is 0 Å². The summed E-state index contributed by atoms with van der Waals surface area (Å²) in [4.78, 5) is 22.6. The van der Waals surface area contributed by atoms with E-state index < -0.39 is 0 Å². The highest BCUT2D eigenvalue weighted by Gasteiger charge is 2.28. The van der Waals surface area contributed by atoms with Crippen LogP contribution in [-0.2, 0) is 16.1 Å². The summed E-state index contributed by atoms with van der Waals surface area (Å²) in [6, 6.07) is 0. The number of carbonyl (C=O) groups is 2. The van der Waals surface area contributed by atoms with E-state index in [4.69, 9.17) is 5.73 Å². The van der Waals surface area contributed by atoms with E-state index in [1.54, 1.807) is 10.9 Å². The molecule has 0 saturated carbocycles. The third kappa shape index (κ3) is 2.11. The van der Waals surface area contributed by atoms with Crippen LogP contribution in [0.25, 0.3) is 0 Å². The molecule has 1 aromatic rings. The normalized spacial score (nSPS) is 20.9. The fourth-order valence-corrected chi connectivity index (χ4v) is 1.83. The van der Waals surface area contributed by atoms with Crippen LogP contribution in [-0.4, -0.2) is 28.1 Å². The number of hydrogen-bond donors (Lipinski definition) is 2. The van der Waals surface area contributed by atoms with Gasteiger partial charge in [0.05, 0.1) is 18.7 Å². The zero-order valence-electron chi connectivity index (χ0n) is 8.85. The molecule has 0 spiro atoms. The van der Waals surface area contributed by atoms with E-state index in [1.165, 1.54) is 0 Å². The van der Waals surface area contributed by atoms with E-state index in [9.17, 15) is 9.59 Å². The van der Waals surface area contributed by atoms with Gasteiger partial charge in [-0.3, -0.25) is 19.6 Å². The number of nitrogens with zero attached hydrogens (tertiary/aromatic N) is 2. The Kier molecular flexibility index (Phi) is 3.00. The Labute approximate surface area is 92.8 Å². The molecule has 1 aliphatic heterocycles. The molecule has 0 radical (unpaired) electrons. The number of amides is 2. The third-order valence-electron chi connectivity index (χ3n) is 2.65. The standard InChI is InChI=1S/C10H14N4O2/c11-3-4-14-6-7(5-12-14)8-1-2-9(15)13-10(8)16/h5-6,8H,1-4,11H2,(H,13,15,16). The van der Waals surface area contributed by atoms with Crippen LogP contribution in [0.15, 0.2) is 12.4 Å². The van der Waals surface area contributed by atoms with Crippen molar-refractivity contribution < 1.29 is 9.59 Å². The lowest BCUT2D eigenvalue weighted by molar-refractivity contribution is -0.134. The second-order valence-electron chi connectivity index (χ2n) is 3.83. The van der Waals surface area contributed by atoms with Crippen LogP contribution in [0.2, 0.25) is 0 Å². The molecule has 6 heteroatoms. The molecule has 1 aliphatic rings. The summed E-state index contributed by atoms with van der Waals surface area (Å²) in [5.41, 5.74) is 6.25. The highest BCUT2D eigenvalue weighted by molar-refractivity contribution is 6.00. The predicted molar refractivity (Wildman–Crippen MR) is 56.4 cm³/mol. The Morgan fingerprint density at radius 1 is 1.56 bits per heavy atom. The van der Waals surface area contributed by atoms with Crippen molar-refractivity contribution in [3.63, 3.8) is 0 Å². The minimum atomic E-state index is -0.260. The molecular formula is C10H14N4O2. The van der Waals surface area contributed by atoms with E-state index >= 15 is 0 Å². The number of hydrogen-bond acceptors (Lipinski definition) is 4.